The summed E-state index contributed by atoms with van der Waals surface area (Å²) in [5, 5.41) is 20.9. The number of hydrogen-bond donors (Lipinski definition) is 3. The van der Waals surface area contributed by atoms with Crippen molar-refractivity contribution in [1.29, 1.82) is 0 Å². The molecule has 6 heteroatoms. The quantitative estimate of drug-likeness (QED) is 0.718. The van der Waals surface area contributed by atoms with Crippen molar-refractivity contribution in [1.82, 2.24) is 4.98 Å². The Labute approximate surface area is 97.3 Å². The molecule has 0 bridgehead atoms. The van der Waals surface area contributed by atoms with E-state index in [-0.39, 0.29) is 23.4 Å². The summed E-state index contributed by atoms with van der Waals surface area (Å²) in [5.74, 6) is -1.77. The molecule has 0 aliphatic heterocycles. The molecule has 0 spiro atoms. The smallest absolute Gasteiger partial charge is 0.339 e. The van der Waals surface area contributed by atoms with Crippen molar-refractivity contribution >= 4 is 11.8 Å². The fourth-order valence-electron chi connectivity index (χ4n) is 1.58. The maximum absolute atomic E-state index is 12.9. The van der Waals surface area contributed by atoms with Crippen LogP contribution in [0.3, 0.4) is 0 Å². The van der Waals surface area contributed by atoms with Gasteiger partial charge in [-0.1, -0.05) is 0 Å². The normalized spacial score (nSPS) is 16.6. The summed E-state index contributed by atoms with van der Waals surface area (Å²) in [4.78, 5) is 14.6. The maximum Gasteiger partial charge on any atom is 0.339 e. The number of pyridine rings is 1. The molecular weight excluding hydrogens is 227 g/mol. The van der Waals surface area contributed by atoms with Gasteiger partial charge in [-0.3, -0.25) is 0 Å². The molecule has 1 aromatic rings. The lowest BCUT2D eigenvalue weighted by atomic mass is 10.1. The summed E-state index contributed by atoms with van der Waals surface area (Å²) < 4.78 is 12.9. The number of aliphatic hydroxyl groups excluding tert-OH is 1. The first-order valence-electron chi connectivity index (χ1n) is 5.30. The maximum atomic E-state index is 12.9. The van der Waals surface area contributed by atoms with Crippen LogP contribution in [0.2, 0.25) is 0 Å². The van der Waals surface area contributed by atoms with E-state index in [0.29, 0.717) is 6.54 Å². The Hall–Kier alpha value is -1.69. The molecule has 0 saturated heterocycles. The molecule has 3 N–H and O–H groups in total. The number of aromatic nitrogens is 1. The molecule has 1 aliphatic rings. The molecule has 1 saturated carbocycles. The fourth-order valence-corrected chi connectivity index (χ4v) is 1.58. The predicted octanol–water partition coefficient (Wildman–Crippen LogP) is 1.10. The van der Waals surface area contributed by atoms with Crippen molar-refractivity contribution < 1.29 is 19.4 Å². The standard InChI is InChI=1S/C11H13FN2O3/c12-7-3-8(10(16)17)9(13-4-7)14-5-11(6-15)1-2-11/h3-4,15H,1-2,5-6H2,(H,13,14)(H,16,17). The summed E-state index contributed by atoms with van der Waals surface area (Å²) in [5.41, 5.74) is -0.356. The van der Waals surface area contributed by atoms with E-state index in [1.54, 1.807) is 0 Å². The lowest BCUT2D eigenvalue weighted by molar-refractivity contribution is 0.0697. The zero-order valence-corrected chi connectivity index (χ0v) is 9.11. The highest BCUT2D eigenvalue weighted by molar-refractivity contribution is 5.93. The highest BCUT2D eigenvalue weighted by Crippen LogP contribution is 2.44. The molecule has 92 valence electrons. The molecule has 0 radical (unpaired) electrons. The third-order valence-electron chi connectivity index (χ3n) is 3.01. The van der Waals surface area contributed by atoms with Crippen LogP contribution in [-0.2, 0) is 0 Å². The first kappa shape index (κ1) is 11.8. The first-order chi connectivity index (χ1) is 8.06. The number of carboxylic acid groups (broad SMARTS) is 1. The van der Waals surface area contributed by atoms with Gasteiger partial charge in [-0.05, 0) is 18.9 Å². The number of aromatic carboxylic acids is 1. The Morgan fingerprint density at radius 2 is 2.29 bits per heavy atom. The van der Waals surface area contributed by atoms with Gasteiger partial charge < -0.3 is 15.5 Å². The Kier molecular flexibility index (Phi) is 2.97. The van der Waals surface area contributed by atoms with Crippen LogP contribution in [0.15, 0.2) is 12.3 Å². The molecule has 1 heterocycles. The Bertz CT molecular complexity index is 446. The van der Waals surface area contributed by atoms with Gasteiger partial charge in [0.15, 0.2) is 0 Å². The highest BCUT2D eigenvalue weighted by Gasteiger charge is 2.41. The van der Waals surface area contributed by atoms with Crippen molar-refractivity contribution in [2.45, 2.75) is 12.8 Å². The van der Waals surface area contributed by atoms with Gasteiger partial charge in [0, 0.05) is 12.0 Å². The van der Waals surface area contributed by atoms with Crippen molar-refractivity contribution in [3.05, 3.63) is 23.6 Å². The summed E-state index contributed by atoms with van der Waals surface area (Å²) in [6, 6.07) is 0.927. The lowest BCUT2D eigenvalue weighted by Crippen LogP contribution is -2.21. The van der Waals surface area contributed by atoms with Crippen LogP contribution < -0.4 is 5.32 Å². The van der Waals surface area contributed by atoms with E-state index in [4.69, 9.17) is 10.2 Å². The average Bonchev–Trinajstić information content (AvgIpc) is 3.08. The zero-order valence-electron chi connectivity index (χ0n) is 9.11. The first-order valence-corrected chi connectivity index (χ1v) is 5.30. The van der Waals surface area contributed by atoms with Crippen LogP contribution in [0.25, 0.3) is 0 Å². The van der Waals surface area contributed by atoms with Gasteiger partial charge in [-0.2, -0.15) is 0 Å². The number of aliphatic hydroxyl groups is 1. The second kappa shape index (κ2) is 4.29. The summed E-state index contributed by atoms with van der Waals surface area (Å²) in [6.07, 6.45) is 2.77. The van der Waals surface area contributed by atoms with Gasteiger partial charge >= 0.3 is 5.97 Å². The van der Waals surface area contributed by atoms with Crippen molar-refractivity contribution in [2.75, 3.05) is 18.5 Å². The van der Waals surface area contributed by atoms with Gasteiger partial charge in [0.05, 0.1) is 12.8 Å². The van der Waals surface area contributed by atoms with Crippen LogP contribution in [0.4, 0.5) is 10.2 Å². The molecule has 2 rings (SSSR count). The highest BCUT2D eigenvalue weighted by atomic mass is 19.1. The van der Waals surface area contributed by atoms with Crippen LogP contribution in [0, 0.1) is 11.2 Å². The summed E-state index contributed by atoms with van der Waals surface area (Å²) in [7, 11) is 0. The third-order valence-corrected chi connectivity index (χ3v) is 3.01. The van der Waals surface area contributed by atoms with Crippen molar-refractivity contribution in [2.24, 2.45) is 5.41 Å². The second-order valence-corrected chi connectivity index (χ2v) is 4.37. The van der Waals surface area contributed by atoms with Crippen LogP contribution in [0.1, 0.15) is 23.2 Å². The van der Waals surface area contributed by atoms with E-state index in [1.165, 1.54) is 0 Å². The molecule has 17 heavy (non-hydrogen) atoms. The number of nitrogens with zero attached hydrogens (tertiary/aromatic N) is 1. The average molecular weight is 240 g/mol. The molecular formula is C11H13FN2O3. The van der Waals surface area contributed by atoms with E-state index in [2.05, 4.69) is 10.3 Å². The molecule has 1 aliphatic carbocycles. The number of anilines is 1. The van der Waals surface area contributed by atoms with Crippen LogP contribution in [-0.4, -0.2) is 34.3 Å². The molecule has 0 unspecified atom stereocenters. The van der Waals surface area contributed by atoms with Gasteiger partial charge in [0.25, 0.3) is 0 Å². The van der Waals surface area contributed by atoms with Crippen molar-refractivity contribution in [3.8, 4) is 0 Å². The number of rotatable bonds is 5. The van der Waals surface area contributed by atoms with E-state index >= 15 is 0 Å². The SMILES string of the molecule is O=C(O)c1cc(F)cnc1NCC1(CO)CC1. The number of nitrogens with one attached hydrogen (secondary N) is 1. The molecule has 0 aromatic carbocycles. The van der Waals surface area contributed by atoms with Crippen molar-refractivity contribution in [3.63, 3.8) is 0 Å². The summed E-state index contributed by atoms with van der Waals surface area (Å²) in [6.45, 7) is 0.506. The van der Waals surface area contributed by atoms with E-state index in [1.807, 2.05) is 0 Å². The Morgan fingerprint density at radius 3 is 2.82 bits per heavy atom. The van der Waals surface area contributed by atoms with Gasteiger partial charge in [0.1, 0.15) is 17.2 Å². The minimum Gasteiger partial charge on any atom is -0.478 e. The third kappa shape index (κ3) is 2.52. The predicted molar refractivity (Wildman–Crippen MR) is 58.4 cm³/mol. The Balaban J connectivity index is 2.12. The minimum atomic E-state index is -1.23. The largest absolute Gasteiger partial charge is 0.478 e. The number of hydrogen-bond acceptors (Lipinski definition) is 4. The van der Waals surface area contributed by atoms with E-state index < -0.39 is 11.8 Å². The monoisotopic (exact) mass is 240 g/mol. The van der Waals surface area contributed by atoms with Gasteiger partial charge in [-0.25, -0.2) is 14.2 Å². The topological polar surface area (TPSA) is 82.5 Å². The number of halogens is 1. The number of carboxylic acids is 1. The number of carbonyl (C=O) groups is 1. The lowest BCUT2D eigenvalue weighted by Gasteiger charge is -2.14. The van der Waals surface area contributed by atoms with Gasteiger partial charge in [0.2, 0.25) is 0 Å². The molecule has 0 atom stereocenters. The molecule has 0 amide bonds. The minimum absolute atomic E-state index is 0.0591. The van der Waals surface area contributed by atoms with E-state index in [9.17, 15) is 9.18 Å². The van der Waals surface area contributed by atoms with Crippen LogP contribution >= 0.6 is 0 Å². The zero-order chi connectivity index (χ0) is 12.5. The fraction of sp³-hybridized carbons (Fsp3) is 0.455. The second-order valence-electron chi connectivity index (χ2n) is 4.37. The van der Waals surface area contributed by atoms with Gasteiger partial charge in [-0.15, -0.1) is 0 Å². The summed E-state index contributed by atoms with van der Waals surface area (Å²) >= 11 is 0. The Morgan fingerprint density at radius 1 is 1.59 bits per heavy atom. The molecule has 1 fully saturated rings. The molecule has 1 aromatic heterocycles. The molecule has 5 nitrogen and oxygen atoms in total. The van der Waals surface area contributed by atoms with E-state index in [0.717, 1.165) is 25.1 Å². The van der Waals surface area contributed by atoms with Crippen LogP contribution in [0.5, 0.6) is 0 Å².